The summed E-state index contributed by atoms with van der Waals surface area (Å²) in [5.74, 6) is -0.0809. The smallest absolute Gasteiger partial charge is 0.244 e. The number of carbonyl (C=O) groups excluding carboxylic acids is 1. The highest BCUT2D eigenvalue weighted by atomic mass is 16.1. The lowest BCUT2D eigenvalue weighted by molar-refractivity contribution is -0.116. The van der Waals surface area contributed by atoms with Crippen LogP contribution in [0.15, 0.2) is 36.5 Å². The molecule has 0 radical (unpaired) electrons. The second-order valence-corrected chi connectivity index (χ2v) is 5.98. The lowest BCUT2D eigenvalue weighted by atomic mass is 10.1. The van der Waals surface area contributed by atoms with Crippen molar-refractivity contribution in [3.8, 4) is 6.07 Å². The van der Waals surface area contributed by atoms with Crippen LogP contribution in [0.3, 0.4) is 0 Å². The van der Waals surface area contributed by atoms with Crippen molar-refractivity contribution in [2.75, 3.05) is 27.2 Å². The molecule has 0 saturated heterocycles. The monoisotopic (exact) mass is 324 g/mol. The second-order valence-electron chi connectivity index (χ2n) is 5.98. The van der Waals surface area contributed by atoms with Gasteiger partial charge in [0.25, 0.3) is 0 Å². The van der Waals surface area contributed by atoms with Crippen molar-refractivity contribution in [1.82, 2.24) is 14.8 Å². The third kappa shape index (κ3) is 4.97. The number of hydrogen-bond acceptors (Lipinski definition) is 3. The molecule has 0 aliphatic carbocycles. The van der Waals surface area contributed by atoms with E-state index in [-0.39, 0.29) is 5.91 Å². The number of rotatable bonds is 8. The maximum absolute atomic E-state index is 11.9. The molecule has 0 saturated carbocycles. The molecule has 0 unspecified atom stereocenters. The third-order valence-electron chi connectivity index (χ3n) is 3.78. The fraction of sp³-hybridized carbons (Fsp3) is 0.368. The van der Waals surface area contributed by atoms with E-state index in [2.05, 4.69) is 20.9 Å². The molecular weight excluding hydrogens is 300 g/mol. The quantitative estimate of drug-likeness (QED) is 0.600. The molecule has 1 aromatic heterocycles. The first kappa shape index (κ1) is 17.8. The number of aryl methyl sites for hydroxylation is 1. The first-order chi connectivity index (χ1) is 11.6. The molecule has 5 nitrogen and oxygen atoms in total. The first-order valence-electron chi connectivity index (χ1n) is 8.17. The molecular formula is C19H24N4O. The Morgan fingerprint density at radius 2 is 2.17 bits per heavy atom. The second kappa shape index (κ2) is 8.90. The van der Waals surface area contributed by atoms with Crippen LogP contribution in [-0.4, -0.2) is 42.6 Å². The van der Waals surface area contributed by atoms with E-state index in [1.807, 2.05) is 50.6 Å². The minimum absolute atomic E-state index is 0.0809. The molecule has 1 aromatic carbocycles. The zero-order chi connectivity index (χ0) is 17.4. The summed E-state index contributed by atoms with van der Waals surface area (Å²) in [7, 11) is 4.04. The average molecular weight is 324 g/mol. The third-order valence-corrected chi connectivity index (χ3v) is 3.78. The molecule has 2 aromatic rings. The van der Waals surface area contributed by atoms with Gasteiger partial charge in [0, 0.05) is 41.8 Å². The number of nitrogens with one attached hydrogen (secondary N) is 1. The van der Waals surface area contributed by atoms with Crippen molar-refractivity contribution in [3.05, 3.63) is 42.1 Å². The topological polar surface area (TPSA) is 61.1 Å². The summed E-state index contributed by atoms with van der Waals surface area (Å²) >= 11 is 0. The van der Waals surface area contributed by atoms with Gasteiger partial charge in [-0.2, -0.15) is 5.26 Å². The standard InChI is InChI=1S/C19H24N4O/c1-22(2)13-6-12-21-19(24)10-9-16-15-23(14-5-11-20)18-8-4-3-7-17(16)18/h3-4,7-10,15H,5-6,12-14H2,1-2H3,(H,21,24). The number of fused-ring (bicyclic) bond motifs is 1. The largest absolute Gasteiger partial charge is 0.353 e. The minimum atomic E-state index is -0.0809. The number of aromatic nitrogens is 1. The molecule has 0 fully saturated rings. The molecule has 0 spiro atoms. The number of carbonyl (C=O) groups is 1. The van der Waals surface area contributed by atoms with Crippen LogP contribution in [0.4, 0.5) is 0 Å². The van der Waals surface area contributed by atoms with Crippen LogP contribution in [0.5, 0.6) is 0 Å². The van der Waals surface area contributed by atoms with Gasteiger partial charge in [-0.15, -0.1) is 0 Å². The van der Waals surface area contributed by atoms with Gasteiger partial charge >= 0.3 is 0 Å². The predicted molar refractivity (Wildman–Crippen MR) is 97.4 cm³/mol. The maximum atomic E-state index is 11.9. The summed E-state index contributed by atoms with van der Waals surface area (Å²) in [5, 5.41) is 12.8. The maximum Gasteiger partial charge on any atom is 0.244 e. The molecule has 5 heteroatoms. The summed E-state index contributed by atoms with van der Waals surface area (Å²) in [6, 6.07) is 10.2. The number of para-hydroxylation sites is 1. The van der Waals surface area contributed by atoms with E-state index >= 15 is 0 Å². The summed E-state index contributed by atoms with van der Waals surface area (Å²) in [6.45, 7) is 2.28. The molecule has 2 rings (SSSR count). The minimum Gasteiger partial charge on any atom is -0.353 e. The van der Waals surface area contributed by atoms with Crippen LogP contribution >= 0.6 is 0 Å². The van der Waals surface area contributed by atoms with Crippen molar-refractivity contribution in [3.63, 3.8) is 0 Å². The van der Waals surface area contributed by atoms with Crippen LogP contribution in [0.1, 0.15) is 18.4 Å². The Bertz CT molecular complexity index is 752. The van der Waals surface area contributed by atoms with Crippen LogP contribution in [0.2, 0.25) is 0 Å². The first-order valence-corrected chi connectivity index (χ1v) is 8.17. The van der Waals surface area contributed by atoms with Gasteiger partial charge in [0.15, 0.2) is 0 Å². The lowest BCUT2D eigenvalue weighted by Crippen LogP contribution is -2.25. The van der Waals surface area contributed by atoms with Crippen molar-refractivity contribution >= 4 is 22.9 Å². The molecule has 24 heavy (non-hydrogen) atoms. The van der Waals surface area contributed by atoms with E-state index in [1.165, 1.54) is 0 Å². The van der Waals surface area contributed by atoms with Crippen molar-refractivity contribution < 1.29 is 4.79 Å². The fourth-order valence-corrected chi connectivity index (χ4v) is 2.59. The molecule has 126 valence electrons. The van der Waals surface area contributed by atoms with E-state index in [0.29, 0.717) is 19.5 Å². The highest BCUT2D eigenvalue weighted by Gasteiger charge is 2.06. The molecule has 1 amide bonds. The average Bonchev–Trinajstić information content (AvgIpc) is 2.93. The Balaban J connectivity index is 2.03. The van der Waals surface area contributed by atoms with Gasteiger partial charge in [-0.05, 0) is 39.2 Å². The number of hydrogen-bond donors (Lipinski definition) is 1. The van der Waals surface area contributed by atoms with Gasteiger partial charge in [0.1, 0.15) is 0 Å². The molecule has 1 N–H and O–H groups in total. The van der Waals surface area contributed by atoms with E-state index in [4.69, 9.17) is 5.26 Å². The summed E-state index contributed by atoms with van der Waals surface area (Å²) < 4.78 is 2.06. The van der Waals surface area contributed by atoms with Crippen LogP contribution < -0.4 is 5.32 Å². The van der Waals surface area contributed by atoms with Crippen LogP contribution in [-0.2, 0) is 11.3 Å². The van der Waals surface area contributed by atoms with E-state index in [1.54, 1.807) is 6.08 Å². The van der Waals surface area contributed by atoms with Crippen molar-refractivity contribution in [2.24, 2.45) is 0 Å². The van der Waals surface area contributed by atoms with Gasteiger partial charge < -0.3 is 14.8 Å². The zero-order valence-corrected chi connectivity index (χ0v) is 14.3. The Kier molecular flexibility index (Phi) is 6.59. The lowest BCUT2D eigenvalue weighted by Gasteiger charge is -2.08. The Hall–Kier alpha value is -2.58. The fourth-order valence-electron chi connectivity index (χ4n) is 2.59. The number of nitrogens with zero attached hydrogens (tertiary/aromatic N) is 3. The molecule has 0 aliphatic heterocycles. The van der Waals surface area contributed by atoms with E-state index in [0.717, 1.165) is 29.4 Å². The highest BCUT2D eigenvalue weighted by molar-refractivity contribution is 5.96. The molecule has 0 aliphatic rings. The highest BCUT2D eigenvalue weighted by Crippen LogP contribution is 2.22. The van der Waals surface area contributed by atoms with Gasteiger partial charge in [0.2, 0.25) is 5.91 Å². The van der Waals surface area contributed by atoms with E-state index in [9.17, 15) is 4.79 Å². The number of amides is 1. The van der Waals surface area contributed by atoms with Crippen molar-refractivity contribution in [1.29, 1.82) is 5.26 Å². The normalized spacial score (nSPS) is 11.2. The van der Waals surface area contributed by atoms with Crippen LogP contribution in [0, 0.1) is 11.3 Å². The van der Waals surface area contributed by atoms with Crippen molar-refractivity contribution in [2.45, 2.75) is 19.4 Å². The Morgan fingerprint density at radius 3 is 2.92 bits per heavy atom. The van der Waals surface area contributed by atoms with Crippen LogP contribution in [0.25, 0.3) is 17.0 Å². The van der Waals surface area contributed by atoms with Gasteiger partial charge in [0.05, 0.1) is 12.5 Å². The summed E-state index contributed by atoms with van der Waals surface area (Å²) in [4.78, 5) is 14.0. The molecule has 0 bridgehead atoms. The van der Waals surface area contributed by atoms with Gasteiger partial charge in [-0.3, -0.25) is 4.79 Å². The SMILES string of the molecule is CN(C)CCCNC(=O)C=Cc1cn(CCC#N)c2ccccc12. The zero-order valence-electron chi connectivity index (χ0n) is 14.3. The molecule has 1 heterocycles. The van der Waals surface area contributed by atoms with Gasteiger partial charge in [-0.1, -0.05) is 18.2 Å². The summed E-state index contributed by atoms with van der Waals surface area (Å²) in [6.07, 6.45) is 6.81. The predicted octanol–water partition coefficient (Wildman–Crippen LogP) is 2.64. The van der Waals surface area contributed by atoms with Gasteiger partial charge in [-0.25, -0.2) is 0 Å². The Morgan fingerprint density at radius 1 is 1.38 bits per heavy atom. The van der Waals surface area contributed by atoms with E-state index < -0.39 is 0 Å². The summed E-state index contributed by atoms with van der Waals surface area (Å²) in [5.41, 5.74) is 2.07. The number of nitriles is 1. The molecule has 0 atom stereocenters. The Labute approximate surface area is 143 Å². The number of benzene rings is 1.